The van der Waals surface area contributed by atoms with Gasteiger partial charge < -0.3 is 9.26 Å². The van der Waals surface area contributed by atoms with E-state index in [1.54, 1.807) is 0 Å². The maximum absolute atomic E-state index is 6.55. The quantitative estimate of drug-likeness (QED) is 0.550. The average Bonchev–Trinajstić information content (AvgIpc) is 3.12. The molecule has 154 valence electrons. The van der Waals surface area contributed by atoms with Gasteiger partial charge in [-0.1, -0.05) is 29.8 Å². The van der Waals surface area contributed by atoms with Crippen LogP contribution in [0.5, 0.6) is 0 Å². The van der Waals surface area contributed by atoms with Gasteiger partial charge in [0.25, 0.3) is 0 Å². The first kappa shape index (κ1) is 19.9. The SMILES string of the molecule is Cc1nn(-c2ccccc2)c2c1P(=S)(N1CCOCC1)OC(c1ccc(Cl)cc1)=N2. The molecule has 1 atom stereocenters. The van der Waals surface area contributed by atoms with Gasteiger partial charge in [0.1, 0.15) is 5.30 Å². The molecule has 1 unspecified atom stereocenters. The van der Waals surface area contributed by atoms with E-state index in [4.69, 9.17) is 42.8 Å². The molecular weight excluding hydrogens is 439 g/mol. The number of rotatable bonds is 3. The minimum atomic E-state index is -2.61. The first-order valence-corrected chi connectivity index (χ1v) is 12.7. The number of halogens is 1. The fraction of sp³-hybridized carbons (Fsp3) is 0.238. The molecule has 0 radical (unpaired) electrons. The molecule has 0 aliphatic carbocycles. The Balaban J connectivity index is 1.72. The van der Waals surface area contributed by atoms with Crippen molar-refractivity contribution in [1.82, 2.24) is 14.5 Å². The Labute approximate surface area is 185 Å². The molecule has 5 rings (SSSR count). The minimum Gasteiger partial charge on any atom is -0.431 e. The van der Waals surface area contributed by atoms with Crippen molar-refractivity contribution in [3.63, 3.8) is 0 Å². The maximum Gasteiger partial charge on any atom is 0.227 e. The first-order valence-electron chi connectivity index (χ1n) is 9.69. The number of para-hydroxylation sites is 1. The van der Waals surface area contributed by atoms with Crippen LogP contribution in [0, 0.1) is 6.92 Å². The number of aryl methyl sites for hydroxylation is 1. The summed E-state index contributed by atoms with van der Waals surface area (Å²) in [5.74, 6) is 1.25. The van der Waals surface area contributed by atoms with E-state index in [-0.39, 0.29) is 0 Å². The topological polar surface area (TPSA) is 51.9 Å². The summed E-state index contributed by atoms with van der Waals surface area (Å²) in [6.45, 7) is 4.69. The number of benzene rings is 2. The van der Waals surface area contributed by atoms with Crippen molar-refractivity contribution in [2.45, 2.75) is 6.92 Å². The fourth-order valence-corrected chi connectivity index (χ4v) is 7.57. The van der Waals surface area contributed by atoms with Crippen molar-refractivity contribution in [2.24, 2.45) is 4.99 Å². The second-order valence-electron chi connectivity index (χ2n) is 7.11. The van der Waals surface area contributed by atoms with Gasteiger partial charge in [-0.05, 0) is 55.1 Å². The van der Waals surface area contributed by atoms with Gasteiger partial charge in [-0.15, -0.1) is 0 Å². The zero-order chi connectivity index (χ0) is 20.7. The molecule has 1 saturated heterocycles. The molecule has 0 amide bonds. The summed E-state index contributed by atoms with van der Waals surface area (Å²) in [6, 6.07) is 17.4. The van der Waals surface area contributed by atoms with E-state index in [0.29, 0.717) is 24.1 Å². The first-order chi connectivity index (χ1) is 14.6. The zero-order valence-electron chi connectivity index (χ0n) is 16.4. The largest absolute Gasteiger partial charge is 0.431 e. The molecule has 0 N–H and O–H groups in total. The molecule has 0 saturated carbocycles. The Hall–Kier alpha value is -2.02. The van der Waals surface area contributed by atoms with Crippen LogP contribution in [0.3, 0.4) is 0 Å². The molecule has 2 aromatic carbocycles. The highest BCUT2D eigenvalue weighted by atomic mass is 35.5. The van der Waals surface area contributed by atoms with Crippen LogP contribution in [0.25, 0.3) is 5.69 Å². The third-order valence-corrected chi connectivity index (χ3v) is 9.53. The Morgan fingerprint density at radius 1 is 1.03 bits per heavy atom. The number of fused-ring (bicyclic) bond motifs is 1. The lowest BCUT2D eigenvalue weighted by Crippen LogP contribution is -2.39. The number of nitrogens with zero attached hydrogens (tertiary/aromatic N) is 4. The lowest BCUT2D eigenvalue weighted by Gasteiger charge is -2.38. The Morgan fingerprint density at radius 2 is 1.73 bits per heavy atom. The van der Waals surface area contributed by atoms with Crippen molar-refractivity contribution in [3.8, 4) is 5.69 Å². The van der Waals surface area contributed by atoms with Gasteiger partial charge in [0, 0.05) is 23.7 Å². The normalized spacial score (nSPS) is 21.6. The third-order valence-electron chi connectivity index (χ3n) is 5.16. The maximum atomic E-state index is 6.55. The van der Waals surface area contributed by atoms with Gasteiger partial charge >= 0.3 is 0 Å². The lowest BCUT2D eigenvalue weighted by molar-refractivity contribution is 0.0723. The summed E-state index contributed by atoms with van der Waals surface area (Å²) >= 11 is 12.4. The number of hydrogen-bond donors (Lipinski definition) is 0. The summed E-state index contributed by atoms with van der Waals surface area (Å²) in [6.07, 6.45) is -2.61. The number of hydrogen-bond acceptors (Lipinski definition) is 5. The van der Waals surface area contributed by atoms with Crippen LogP contribution in [-0.2, 0) is 21.1 Å². The predicted molar refractivity (Wildman–Crippen MR) is 123 cm³/mol. The number of aliphatic imine (C=N–C) groups is 1. The van der Waals surface area contributed by atoms with Gasteiger partial charge in [-0.3, -0.25) is 0 Å². The van der Waals surface area contributed by atoms with Gasteiger partial charge in [0.2, 0.25) is 12.3 Å². The van der Waals surface area contributed by atoms with Crippen molar-refractivity contribution in [1.29, 1.82) is 0 Å². The highest BCUT2D eigenvalue weighted by Crippen LogP contribution is 2.56. The molecular formula is C21H20ClN4O2PS. The van der Waals surface area contributed by atoms with E-state index >= 15 is 0 Å². The molecule has 6 nitrogen and oxygen atoms in total. The van der Waals surface area contributed by atoms with E-state index in [9.17, 15) is 0 Å². The van der Waals surface area contributed by atoms with Crippen LogP contribution in [-0.4, -0.2) is 46.7 Å². The summed E-state index contributed by atoms with van der Waals surface area (Å²) in [7, 11) is 0. The Morgan fingerprint density at radius 3 is 2.43 bits per heavy atom. The zero-order valence-corrected chi connectivity index (χ0v) is 18.8. The highest BCUT2D eigenvalue weighted by Gasteiger charge is 2.42. The summed E-state index contributed by atoms with van der Waals surface area (Å²) in [5, 5.41) is 6.39. The fourth-order valence-electron chi connectivity index (χ4n) is 3.69. The number of morpholine rings is 1. The Kier molecular flexibility index (Phi) is 5.25. The van der Waals surface area contributed by atoms with E-state index in [2.05, 4.69) is 4.67 Å². The lowest BCUT2D eigenvalue weighted by atomic mass is 10.2. The number of aromatic nitrogens is 2. The third kappa shape index (κ3) is 3.41. The van der Waals surface area contributed by atoms with Gasteiger partial charge in [0.15, 0.2) is 5.82 Å². The van der Waals surface area contributed by atoms with E-state index in [0.717, 1.165) is 41.2 Å². The summed E-state index contributed by atoms with van der Waals surface area (Å²) < 4.78 is 16.2. The molecule has 30 heavy (non-hydrogen) atoms. The minimum absolute atomic E-state index is 0.506. The van der Waals surface area contributed by atoms with Crippen LogP contribution < -0.4 is 5.30 Å². The molecule has 3 heterocycles. The standard InChI is InChI=1S/C21H20ClN4O2PS/c1-15-19-20(26(24-15)18-5-3-2-4-6-18)23-21(16-7-9-17(22)10-8-16)28-29(19,30)25-11-13-27-14-12-25/h2-10H,11-14H2,1H3. The molecule has 1 fully saturated rings. The van der Waals surface area contributed by atoms with Gasteiger partial charge in [-0.25, -0.2) is 9.35 Å². The van der Waals surface area contributed by atoms with Gasteiger partial charge in [0.05, 0.1) is 24.6 Å². The van der Waals surface area contributed by atoms with E-state index < -0.39 is 6.42 Å². The molecule has 0 bridgehead atoms. The average molecular weight is 459 g/mol. The molecule has 2 aliphatic heterocycles. The van der Waals surface area contributed by atoms with Crippen LogP contribution in [0.15, 0.2) is 59.6 Å². The molecule has 2 aliphatic rings. The molecule has 3 aromatic rings. The van der Waals surface area contributed by atoms with E-state index in [1.165, 1.54) is 0 Å². The van der Waals surface area contributed by atoms with Crippen LogP contribution in [0.2, 0.25) is 5.02 Å². The smallest absolute Gasteiger partial charge is 0.227 e. The number of ether oxygens (including phenoxy) is 1. The van der Waals surface area contributed by atoms with Gasteiger partial charge in [-0.2, -0.15) is 10.1 Å². The van der Waals surface area contributed by atoms with Crippen molar-refractivity contribution >= 4 is 46.8 Å². The van der Waals surface area contributed by atoms with Crippen molar-refractivity contribution in [2.75, 3.05) is 26.3 Å². The molecule has 0 spiro atoms. The monoisotopic (exact) mass is 458 g/mol. The predicted octanol–water partition coefficient (Wildman–Crippen LogP) is 4.21. The van der Waals surface area contributed by atoms with Crippen molar-refractivity contribution in [3.05, 3.63) is 70.9 Å². The second-order valence-corrected chi connectivity index (χ2v) is 11.3. The summed E-state index contributed by atoms with van der Waals surface area (Å²) in [5.41, 5.74) is 2.63. The van der Waals surface area contributed by atoms with Crippen molar-refractivity contribution < 1.29 is 9.26 Å². The summed E-state index contributed by atoms with van der Waals surface area (Å²) in [4.78, 5) is 4.89. The van der Waals surface area contributed by atoms with Crippen LogP contribution >= 0.6 is 18.0 Å². The molecule has 1 aromatic heterocycles. The second kappa shape index (κ2) is 7.91. The van der Waals surface area contributed by atoms with Crippen LogP contribution in [0.4, 0.5) is 5.82 Å². The molecule has 9 heteroatoms. The Bertz CT molecular complexity index is 1160. The highest BCUT2D eigenvalue weighted by molar-refractivity contribution is 8.15. The van der Waals surface area contributed by atoms with E-state index in [1.807, 2.05) is 66.2 Å². The van der Waals surface area contributed by atoms with Crippen LogP contribution in [0.1, 0.15) is 11.3 Å².